The van der Waals surface area contributed by atoms with Crippen molar-refractivity contribution in [2.24, 2.45) is 0 Å². The zero-order chi connectivity index (χ0) is 14.5. The van der Waals surface area contributed by atoms with Crippen LogP contribution in [0.5, 0.6) is 5.75 Å². The number of aromatic amines is 1. The Morgan fingerprint density at radius 2 is 1.95 bits per heavy atom. The van der Waals surface area contributed by atoms with E-state index in [1.807, 2.05) is 18.9 Å². The van der Waals surface area contributed by atoms with Crippen LogP contribution in [-0.4, -0.2) is 40.9 Å². The second-order valence-corrected chi connectivity index (χ2v) is 4.86. The summed E-state index contributed by atoms with van der Waals surface area (Å²) in [5.41, 5.74) is 3.56. The second-order valence-electron chi connectivity index (χ2n) is 4.86. The van der Waals surface area contributed by atoms with E-state index in [2.05, 4.69) is 27.1 Å². The van der Waals surface area contributed by atoms with Crippen LogP contribution in [0.15, 0.2) is 12.4 Å². The molecule has 0 aliphatic carbocycles. The minimum atomic E-state index is 0.673. The van der Waals surface area contributed by atoms with Crippen LogP contribution in [0.25, 0.3) is 0 Å². The Kier molecular flexibility index (Phi) is 4.55. The molecule has 0 amide bonds. The molecule has 2 aromatic rings. The van der Waals surface area contributed by atoms with Crippen molar-refractivity contribution in [2.45, 2.75) is 26.7 Å². The van der Waals surface area contributed by atoms with Crippen molar-refractivity contribution < 1.29 is 4.74 Å². The Bertz CT molecular complexity index is 530. The summed E-state index contributed by atoms with van der Waals surface area (Å²) in [5.74, 6) is 1.39. The van der Waals surface area contributed by atoms with Gasteiger partial charge in [0, 0.05) is 19.3 Å². The van der Waals surface area contributed by atoms with Gasteiger partial charge in [-0.05, 0) is 32.3 Å². The maximum absolute atomic E-state index is 5.05. The van der Waals surface area contributed by atoms with E-state index in [4.69, 9.17) is 4.74 Å². The van der Waals surface area contributed by atoms with Gasteiger partial charge in [0.2, 0.25) is 5.95 Å². The maximum atomic E-state index is 5.05. The van der Waals surface area contributed by atoms with Crippen LogP contribution in [0.4, 0.5) is 5.95 Å². The summed E-state index contributed by atoms with van der Waals surface area (Å²) in [6.45, 7) is 5.00. The highest BCUT2D eigenvalue weighted by Crippen LogP contribution is 2.14. The standard InChI is InChI=1S/C14H21N5O/c1-10-13(11(2)18-17-10)6-5-7-19(3)14-15-8-12(20-4)9-16-14/h8-9H,5-7H2,1-4H3,(H,17,18). The smallest absolute Gasteiger partial charge is 0.225 e. The number of H-pyrrole nitrogens is 1. The summed E-state index contributed by atoms with van der Waals surface area (Å²) in [5, 5.41) is 7.23. The van der Waals surface area contributed by atoms with Crippen molar-refractivity contribution in [1.29, 1.82) is 0 Å². The first-order valence-corrected chi connectivity index (χ1v) is 6.69. The normalized spacial score (nSPS) is 10.6. The number of methoxy groups -OCH3 is 1. The molecular weight excluding hydrogens is 254 g/mol. The Labute approximate surface area is 119 Å². The van der Waals surface area contributed by atoms with E-state index in [-0.39, 0.29) is 0 Å². The third-order valence-electron chi connectivity index (χ3n) is 3.39. The molecule has 2 rings (SSSR count). The monoisotopic (exact) mass is 275 g/mol. The highest BCUT2D eigenvalue weighted by atomic mass is 16.5. The molecule has 6 heteroatoms. The highest BCUT2D eigenvalue weighted by Gasteiger charge is 2.08. The predicted molar refractivity (Wildman–Crippen MR) is 78.2 cm³/mol. The van der Waals surface area contributed by atoms with Gasteiger partial charge in [-0.2, -0.15) is 5.10 Å². The summed E-state index contributed by atoms with van der Waals surface area (Å²) < 4.78 is 5.05. The van der Waals surface area contributed by atoms with E-state index in [0.717, 1.165) is 30.8 Å². The lowest BCUT2D eigenvalue weighted by atomic mass is 10.1. The molecule has 1 N–H and O–H groups in total. The van der Waals surface area contributed by atoms with Gasteiger partial charge >= 0.3 is 0 Å². The van der Waals surface area contributed by atoms with Gasteiger partial charge in [-0.1, -0.05) is 0 Å². The van der Waals surface area contributed by atoms with Crippen LogP contribution in [0.1, 0.15) is 23.4 Å². The molecule has 0 saturated carbocycles. The lowest BCUT2D eigenvalue weighted by molar-refractivity contribution is 0.410. The van der Waals surface area contributed by atoms with Crippen LogP contribution in [0.3, 0.4) is 0 Å². The second kappa shape index (κ2) is 6.36. The summed E-state index contributed by atoms with van der Waals surface area (Å²) in [4.78, 5) is 10.6. The molecule has 0 aliphatic rings. The number of hydrogen-bond donors (Lipinski definition) is 1. The van der Waals surface area contributed by atoms with Crippen molar-refractivity contribution in [2.75, 3.05) is 25.6 Å². The third kappa shape index (κ3) is 3.26. The Hall–Kier alpha value is -2.11. The number of aromatic nitrogens is 4. The zero-order valence-electron chi connectivity index (χ0n) is 12.5. The quantitative estimate of drug-likeness (QED) is 0.872. The average Bonchev–Trinajstić information content (AvgIpc) is 2.79. The molecule has 0 spiro atoms. The number of ether oxygens (including phenoxy) is 1. The van der Waals surface area contributed by atoms with Crippen LogP contribution in [-0.2, 0) is 6.42 Å². The fourth-order valence-electron chi connectivity index (χ4n) is 2.15. The molecule has 2 heterocycles. The first-order chi connectivity index (χ1) is 9.61. The molecular formula is C14H21N5O. The molecule has 0 bridgehead atoms. The van der Waals surface area contributed by atoms with Crippen molar-refractivity contribution in [3.63, 3.8) is 0 Å². The molecule has 108 valence electrons. The molecule has 0 radical (unpaired) electrons. The van der Waals surface area contributed by atoms with Gasteiger partial charge in [0.15, 0.2) is 5.75 Å². The molecule has 0 fully saturated rings. The number of rotatable bonds is 6. The van der Waals surface area contributed by atoms with Crippen LogP contribution >= 0.6 is 0 Å². The summed E-state index contributed by atoms with van der Waals surface area (Å²) in [7, 11) is 3.61. The molecule has 6 nitrogen and oxygen atoms in total. The minimum Gasteiger partial charge on any atom is -0.494 e. The van der Waals surface area contributed by atoms with Gasteiger partial charge in [-0.15, -0.1) is 0 Å². The van der Waals surface area contributed by atoms with Crippen LogP contribution in [0, 0.1) is 13.8 Å². The first-order valence-electron chi connectivity index (χ1n) is 6.69. The number of aryl methyl sites for hydroxylation is 2. The molecule has 2 aromatic heterocycles. The molecule has 0 saturated heterocycles. The molecule has 0 aliphatic heterocycles. The number of nitrogens with zero attached hydrogens (tertiary/aromatic N) is 4. The summed E-state index contributed by atoms with van der Waals surface area (Å²) >= 11 is 0. The molecule has 0 unspecified atom stereocenters. The SMILES string of the molecule is COc1cnc(N(C)CCCc2c(C)n[nH]c2C)nc1. The predicted octanol–water partition coefficient (Wildman–Crippen LogP) is 1.89. The minimum absolute atomic E-state index is 0.673. The Balaban J connectivity index is 1.87. The Morgan fingerprint density at radius 1 is 1.25 bits per heavy atom. The number of anilines is 1. The fourth-order valence-corrected chi connectivity index (χ4v) is 2.15. The van der Waals surface area contributed by atoms with Crippen molar-refractivity contribution in [1.82, 2.24) is 20.2 Å². The lowest BCUT2D eigenvalue weighted by Crippen LogP contribution is -2.21. The molecule has 0 atom stereocenters. The van der Waals surface area contributed by atoms with Crippen LogP contribution < -0.4 is 9.64 Å². The maximum Gasteiger partial charge on any atom is 0.225 e. The largest absolute Gasteiger partial charge is 0.494 e. The highest BCUT2D eigenvalue weighted by molar-refractivity contribution is 5.30. The van der Waals surface area contributed by atoms with Gasteiger partial charge in [0.05, 0.1) is 25.2 Å². The van der Waals surface area contributed by atoms with Crippen LogP contribution in [0.2, 0.25) is 0 Å². The molecule has 0 aromatic carbocycles. The van der Waals surface area contributed by atoms with E-state index in [1.54, 1.807) is 19.5 Å². The zero-order valence-corrected chi connectivity index (χ0v) is 12.5. The fraction of sp³-hybridized carbons (Fsp3) is 0.500. The number of nitrogens with one attached hydrogen (secondary N) is 1. The van der Waals surface area contributed by atoms with E-state index in [9.17, 15) is 0 Å². The van der Waals surface area contributed by atoms with Gasteiger partial charge in [-0.25, -0.2) is 9.97 Å². The Morgan fingerprint density at radius 3 is 2.50 bits per heavy atom. The van der Waals surface area contributed by atoms with E-state index in [0.29, 0.717) is 11.7 Å². The van der Waals surface area contributed by atoms with Crippen molar-refractivity contribution >= 4 is 5.95 Å². The lowest BCUT2D eigenvalue weighted by Gasteiger charge is -2.16. The summed E-state index contributed by atoms with van der Waals surface area (Å²) in [6, 6.07) is 0. The van der Waals surface area contributed by atoms with Gasteiger partial charge in [0.25, 0.3) is 0 Å². The van der Waals surface area contributed by atoms with Crippen molar-refractivity contribution in [3.05, 3.63) is 29.3 Å². The van der Waals surface area contributed by atoms with Gasteiger partial charge in [-0.3, -0.25) is 5.10 Å². The van der Waals surface area contributed by atoms with Crippen molar-refractivity contribution in [3.8, 4) is 5.75 Å². The first kappa shape index (κ1) is 14.3. The van der Waals surface area contributed by atoms with Gasteiger partial charge in [0.1, 0.15) is 0 Å². The molecule has 20 heavy (non-hydrogen) atoms. The topological polar surface area (TPSA) is 66.9 Å². The third-order valence-corrected chi connectivity index (χ3v) is 3.39. The average molecular weight is 275 g/mol. The van der Waals surface area contributed by atoms with E-state index >= 15 is 0 Å². The van der Waals surface area contributed by atoms with E-state index in [1.165, 1.54) is 5.56 Å². The van der Waals surface area contributed by atoms with E-state index < -0.39 is 0 Å². The summed E-state index contributed by atoms with van der Waals surface area (Å²) in [6.07, 6.45) is 5.41. The van der Waals surface area contributed by atoms with Gasteiger partial charge < -0.3 is 9.64 Å². The number of hydrogen-bond acceptors (Lipinski definition) is 5.